The third-order valence-electron chi connectivity index (χ3n) is 9.01. The molecule has 1 aliphatic carbocycles. The lowest BCUT2D eigenvalue weighted by Gasteiger charge is -2.37. The predicted octanol–water partition coefficient (Wildman–Crippen LogP) is 9.80. The van der Waals surface area contributed by atoms with Gasteiger partial charge in [-0.15, -0.1) is 11.3 Å². The van der Waals surface area contributed by atoms with E-state index in [1.54, 1.807) is 11.3 Å². The molecule has 2 nitrogen and oxygen atoms in total. The Morgan fingerprint density at radius 1 is 0.690 bits per heavy atom. The first kappa shape index (κ1) is 25.3. The van der Waals surface area contributed by atoms with Gasteiger partial charge in [0.1, 0.15) is 12.4 Å². The van der Waals surface area contributed by atoms with E-state index >= 15 is 0 Å². The van der Waals surface area contributed by atoms with E-state index < -0.39 is 5.54 Å². The van der Waals surface area contributed by atoms with Crippen LogP contribution >= 0.6 is 11.3 Å². The van der Waals surface area contributed by atoms with E-state index in [1.807, 2.05) is 6.07 Å². The summed E-state index contributed by atoms with van der Waals surface area (Å²) in [5.74, 6) is 0.940. The molecule has 1 heterocycles. The van der Waals surface area contributed by atoms with Crippen LogP contribution in [-0.2, 0) is 25.0 Å². The fourth-order valence-corrected chi connectivity index (χ4v) is 7.81. The first-order valence-electron chi connectivity index (χ1n) is 14.7. The highest BCUT2D eigenvalue weighted by atomic mass is 32.1. The van der Waals surface area contributed by atoms with Crippen LogP contribution in [0, 0.1) is 0 Å². The van der Waals surface area contributed by atoms with E-state index in [-0.39, 0.29) is 0 Å². The third kappa shape index (κ3) is 4.20. The number of aryl methyl sites for hydroxylation is 1. The molecule has 0 fully saturated rings. The Hall–Kier alpha value is -4.44. The minimum Gasteiger partial charge on any atom is -0.487 e. The number of hydrogen-bond donors (Lipinski definition) is 1. The largest absolute Gasteiger partial charge is 0.487 e. The maximum atomic E-state index is 7.29. The molecule has 2 N–H and O–H groups in total. The molecule has 0 saturated carbocycles. The number of thiophene rings is 1. The normalized spacial score (nSPS) is 16.6. The van der Waals surface area contributed by atoms with Gasteiger partial charge in [-0.1, -0.05) is 109 Å². The number of fused-ring (bicyclic) bond motifs is 6. The molecule has 42 heavy (non-hydrogen) atoms. The van der Waals surface area contributed by atoms with Crippen molar-refractivity contribution in [3.05, 3.63) is 149 Å². The Kier molecular flexibility index (Phi) is 6.10. The van der Waals surface area contributed by atoms with E-state index in [0.717, 1.165) is 25.0 Å². The van der Waals surface area contributed by atoms with Crippen LogP contribution in [0.2, 0.25) is 0 Å². The number of hydrogen-bond acceptors (Lipinski definition) is 3. The first-order valence-corrected chi connectivity index (χ1v) is 15.5. The van der Waals surface area contributed by atoms with Gasteiger partial charge in [0.25, 0.3) is 0 Å². The molecule has 204 valence electrons. The number of rotatable bonds is 5. The highest BCUT2D eigenvalue weighted by molar-refractivity contribution is 7.14. The molecule has 1 unspecified atom stereocenters. The molecule has 3 heteroatoms. The minimum absolute atomic E-state index is 0.395. The average Bonchev–Trinajstić information content (AvgIpc) is 3.51. The molecule has 1 atom stereocenters. The smallest absolute Gasteiger partial charge is 0.138 e. The molecule has 0 spiro atoms. The second kappa shape index (κ2) is 10.1. The molecular weight excluding hydrogens is 531 g/mol. The average molecular weight is 562 g/mol. The fourth-order valence-electron chi connectivity index (χ4n) is 6.94. The van der Waals surface area contributed by atoms with Gasteiger partial charge >= 0.3 is 0 Å². The van der Waals surface area contributed by atoms with Gasteiger partial charge in [-0.2, -0.15) is 0 Å². The quantitative estimate of drug-likeness (QED) is 0.212. The second-order valence-corrected chi connectivity index (χ2v) is 12.4. The zero-order valence-corrected chi connectivity index (χ0v) is 24.2. The van der Waals surface area contributed by atoms with Crippen molar-refractivity contribution >= 4 is 43.7 Å². The van der Waals surface area contributed by atoms with E-state index in [1.165, 1.54) is 65.0 Å². The van der Waals surface area contributed by atoms with Crippen LogP contribution in [0.5, 0.6) is 5.75 Å². The lowest BCUT2D eigenvalue weighted by molar-refractivity contribution is 0.309. The highest BCUT2D eigenvalue weighted by Crippen LogP contribution is 2.46. The monoisotopic (exact) mass is 561 g/mol. The van der Waals surface area contributed by atoms with Crippen molar-refractivity contribution in [2.24, 2.45) is 5.73 Å². The summed E-state index contributed by atoms with van der Waals surface area (Å²) in [5.41, 5.74) is 13.3. The minimum atomic E-state index is -0.395. The van der Waals surface area contributed by atoms with Crippen molar-refractivity contribution in [3.63, 3.8) is 0 Å². The summed E-state index contributed by atoms with van der Waals surface area (Å²) in [5, 5.41) is 9.85. The van der Waals surface area contributed by atoms with Gasteiger partial charge in [0.2, 0.25) is 0 Å². The Balaban J connectivity index is 1.24. The Bertz CT molecular complexity index is 2090. The molecule has 0 amide bonds. The summed E-state index contributed by atoms with van der Waals surface area (Å²) in [6.45, 7) is 0.554. The van der Waals surface area contributed by atoms with Gasteiger partial charge in [-0.25, -0.2) is 0 Å². The van der Waals surface area contributed by atoms with Gasteiger partial charge < -0.3 is 10.5 Å². The van der Waals surface area contributed by atoms with E-state index in [4.69, 9.17) is 10.5 Å². The lowest BCUT2D eigenvalue weighted by Crippen LogP contribution is -2.42. The van der Waals surface area contributed by atoms with E-state index in [9.17, 15) is 0 Å². The number of nitrogens with two attached hydrogens (primary N) is 1. The summed E-state index contributed by atoms with van der Waals surface area (Å²) >= 11 is 1.75. The van der Waals surface area contributed by atoms with Crippen molar-refractivity contribution in [3.8, 4) is 16.2 Å². The lowest BCUT2D eigenvalue weighted by atomic mass is 9.72. The maximum Gasteiger partial charge on any atom is 0.138 e. The Morgan fingerprint density at radius 2 is 1.43 bits per heavy atom. The molecule has 0 radical (unpaired) electrons. The van der Waals surface area contributed by atoms with Crippen molar-refractivity contribution in [2.75, 3.05) is 0 Å². The number of benzene rings is 6. The zero-order valence-electron chi connectivity index (χ0n) is 23.3. The summed E-state index contributed by atoms with van der Waals surface area (Å²) in [7, 11) is 0. The van der Waals surface area contributed by atoms with Crippen LogP contribution < -0.4 is 10.5 Å². The molecule has 0 bridgehead atoms. The van der Waals surface area contributed by atoms with Crippen LogP contribution in [0.15, 0.2) is 127 Å². The van der Waals surface area contributed by atoms with Crippen LogP contribution in [0.3, 0.4) is 0 Å². The van der Waals surface area contributed by atoms with Gasteiger partial charge in [0, 0.05) is 11.1 Å². The molecule has 1 aliphatic rings. The zero-order chi connectivity index (χ0) is 28.1. The molecule has 8 rings (SSSR count). The molecule has 6 aromatic carbocycles. The van der Waals surface area contributed by atoms with E-state index in [0.29, 0.717) is 6.61 Å². The predicted molar refractivity (Wildman–Crippen MR) is 177 cm³/mol. The summed E-state index contributed by atoms with van der Waals surface area (Å²) in [4.78, 5) is 1.18. The Labute approximate surface area is 250 Å². The van der Waals surface area contributed by atoms with Gasteiger partial charge in [-0.05, 0) is 91.3 Å². The van der Waals surface area contributed by atoms with Crippen LogP contribution in [0.4, 0.5) is 0 Å². The molecular formula is C39H31NOS. The van der Waals surface area contributed by atoms with Crippen LogP contribution in [-0.4, -0.2) is 0 Å². The SMILES string of the molecule is NC1(c2cccc3ccccc23)CCc2c(ccc3c2cc(-c2sccc2OCc2ccccc2)c2ccccc23)C1. The van der Waals surface area contributed by atoms with Gasteiger partial charge in [0.15, 0.2) is 0 Å². The topological polar surface area (TPSA) is 35.2 Å². The van der Waals surface area contributed by atoms with Crippen molar-refractivity contribution < 1.29 is 4.74 Å². The summed E-state index contributed by atoms with van der Waals surface area (Å²) in [6, 6.07) is 43.5. The molecule has 7 aromatic rings. The van der Waals surface area contributed by atoms with Crippen LogP contribution in [0.1, 0.15) is 28.7 Å². The summed E-state index contributed by atoms with van der Waals surface area (Å²) < 4.78 is 6.40. The highest BCUT2D eigenvalue weighted by Gasteiger charge is 2.34. The summed E-state index contributed by atoms with van der Waals surface area (Å²) in [6.07, 6.45) is 2.70. The fraction of sp³-hybridized carbons (Fsp3) is 0.128. The maximum absolute atomic E-state index is 7.29. The van der Waals surface area contributed by atoms with Crippen LogP contribution in [0.25, 0.3) is 42.8 Å². The second-order valence-electron chi connectivity index (χ2n) is 11.5. The van der Waals surface area contributed by atoms with Crippen molar-refractivity contribution in [1.29, 1.82) is 0 Å². The number of ether oxygens (including phenoxy) is 1. The molecule has 1 aromatic heterocycles. The standard InChI is InChI=1S/C39H31NOS/c40-39(36-16-8-12-27-11-4-5-13-30(27)36)21-19-29-28(24-39)17-18-33-31-14-6-7-15-32(31)35(23-34(29)33)38-37(20-22-42-38)41-25-26-9-2-1-3-10-26/h1-18,20,22-23H,19,21,24-25,40H2. The first-order chi connectivity index (χ1) is 20.7. The van der Waals surface area contributed by atoms with Crippen molar-refractivity contribution in [1.82, 2.24) is 0 Å². The van der Waals surface area contributed by atoms with Crippen molar-refractivity contribution in [2.45, 2.75) is 31.4 Å². The van der Waals surface area contributed by atoms with Gasteiger partial charge in [-0.3, -0.25) is 0 Å². The molecule has 0 aliphatic heterocycles. The molecule has 0 saturated heterocycles. The van der Waals surface area contributed by atoms with Gasteiger partial charge in [0.05, 0.1) is 4.88 Å². The third-order valence-corrected chi connectivity index (χ3v) is 9.94. The van der Waals surface area contributed by atoms with E-state index in [2.05, 4.69) is 121 Å². The Morgan fingerprint density at radius 3 is 2.31 bits per heavy atom.